The summed E-state index contributed by atoms with van der Waals surface area (Å²) in [6.45, 7) is 6.47. The first-order chi connectivity index (χ1) is 10.6. The molecule has 5 nitrogen and oxygen atoms in total. The van der Waals surface area contributed by atoms with Gasteiger partial charge in [0.05, 0.1) is 12.2 Å². The Bertz CT molecular complexity index is 609. The van der Waals surface area contributed by atoms with E-state index in [4.69, 9.17) is 4.74 Å². The summed E-state index contributed by atoms with van der Waals surface area (Å²) in [6, 6.07) is 5.23. The summed E-state index contributed by atoms with van der Waals surface area (Å²) in [5.74, 6) is 2.55. The van der Waals surface area contributed by atoms with Crippen molar-refractivity contribution in [3.05, 3.63) is 29.8 Å². The molecular formula is C17H23N3O2. The molecule has 1 N–H and O–H groups in total. The molecule has 0 bridgehead atoms. The van der Waals surface area contributed by atoms with Crippen LogP contribution in [0.3, 0.4) is 0 Å². The third kappa shape index (κ3) is 4.41. The fourth-order valence-electron chi connectivity index (χ4n) is 2.25. The molecule has 2 aromatic rings. The summed E-state index contributed by atoms with van der Waals surface area (Å²) in [5, 5.41) is 10.2. The van der Waals surface area contributed by atoms with Crippen molar-refractivity contribution in [2.24, 2.45) is 0 Å². The van der Waals surface area contributed by atoms with E-state index >= 15 is 0 Å². The molecule has 1 aromatic carbocycles. The smallest absolute Gasteiger partial charge is 0.167 e. The van der Waals surface area contributed by atoms with Crippen molar-refractivity contribution >= 4 is 0 Å². The summed E-state index contributed by atoms with van der Waals surface area (Å²) in [5.41, 5.74) is 0.590. The number of aromatic hydroxyl groups is 1. The lowest BCUT2D eigenvalue weighted by atomic mass is 10.1. The van der Waals surface area contributed by atoms with Crippen molar-refractivity contribution in [3.8, 4) is 22.9 Å². The van der Waals surface area contributed by atoms with Gasteiger partial charge >= 0.3 is 0 Å². The Morgan fingerprint density at radius 2 is 1.73 bits per heavy atom. The van der Waals surface area contributed by atoms with E-state index in [0.717, 1.165) is 6.42 Å². The lowest BCUT2D eigenvalue weighted by Gasteiger charge is -2.09. The maximum atomic E-state index is 10.2. The second kappa shape index (κ2) is 7.73. The highest BCUT2D eigenvalue weighted by molar-refractivity contribution is 5.65. The Morgan fingerprint density at radius 1 is 1.00 bits per heavy atom. The number of unbranched alkanes of at least 4 members (excludes halogenated alkanes) is 3. The van der Waals surface area contributed by atoms with Crippen LogP contribution in [0.4, 0.5) is 0 Å². The van der Waals surface area contributed by atoms with Gasteiger partial charge in [-0.3, -0.25) is 0 Å². The van der Waals surface area contributed by atoms with Gasteiger partial charge in [-0.1, -0.05) is 26.2 Å². The van der Waals surface area contributed by atoms with Crippen LogP contribution in [0.15, 0.2) is 18.2 Å². The summed E-state index contributed by atoms with van der Waals surface area (Å²) in [7, 11) is 0. The summed E-state index contributed by atoms with van der Waals surface area (Å²) in [4.78, 5) is 12.7. The Labute approximate surface area is 131 Å². The number of rotatable bonds is 7. The molecule has 0 atom stereocenters. The van der Waals surface area contributed by atoms with Gasteiger partial charge in [0, 0.05) is 6.07 Å². The molecule has 0 saturated heterocycles. The lowest BCUT2D eigenvalue weighted by molar-refractivity contribution is 0.303. The van der Waals surface area contributed by atoms with Crippen molar-refractivity contribution in [3.63, 3.8) is 0 Å². The number of ether oxygens (including phenoxy) is 1. The highest BCUT2D eigenvalue weighted by Gasteiger charge is 2.10. The molecule has 5 heteroatoms. The SMILES string of the molecule is CCCCCCOc1ccc(-c2nc(C)nc(C)n2)c(O)c1. The van der Waals surface area contributed by atoms with Crippen molar-refractivity contribution in [2.45, 2.75) is 46.5 Å². The maximum absolute atomic E-state index is 10.2. The molecule has 118 valence electrons. The first-order valence-electron chi connectivity index (χ1n) is 7.75. The largest absolute Gasteiger partial charge is 0.507 e. The van der Waals surface area contributed by atoms with E-state index in [2.05, 4.69) is 21.9 Å². The summed E-state index contributed by atoms with van der Waals surface area (Å²) >= 11 is 0. The summed E-state index contributed by atoms with van der Waals surface area (Å²) in [6.07, 6.45) is 4.64. The van der Waals surface area contributed by atoms with Crippen LogP contribution in [0.1, 0.15) is 44.3 Å². The van der Waals surface area contributed by atoms with E-state index in [1.54, 1.807) is 12.1 Å². The Morgan fingerprint density at radius 3 is 2.36 bits per heavy atom. The zero-order chi connectivity index (χ0) is 15.9. The van der Waals surface area contributed by atoms with E-state index in [0.29, 0.717) is 35.4 Å². The molecule has 0 saturated carbocycles. The first-order valence-corrected chi connectivity index (χ1v) is 7.75. The molecule has 1 aromatic heterocycles. The standard InChI is InChI=1S/C17H23N3O2/c1-4-5-6-7-10-22-14-8-9-15(16(21)11-14)17-19-12(2)18-13(3)20-17/h8-9,11,21H,4-7,10H2,1-3H3. The highest BCUT2D eigenvalue weighted by atomic mass is 16.5. The van der Waals surface area contributed by atoms with Crippen LogP contribution in [-0.4, -0.2) is 26.7 Å². The van der Waals surface area contributed by atoms with Gasteiger partial charge in [0.15, 0.2) is 5.82 Å². The van der Waals surface area contributed by atoms with Crippen LogP contribution in [0.5, 0.6) is 11.5 Å². The Hall–Kier alpha value is -2.17. The topological polar surface area (TPSA) is 68.1 Å². The zero-order valence-corrected chi connectivity index (χ0v) is 13.5. The fourth-order valence-corrected chi connectivity index (χ4v) is 2.25. The van der Waals surface area contributed by atoms with Crippen molar-refractivity contribution in [2.75, 3.05) is 6.61 Å². The Kier molecular flexibility index (Phi) is 5.69. The molecular weight excluding hydrogens is 278 g/mol. The van der Waals surface area contributed by atoms with Crippen LogP contribution in [0, 0.1) is 13.8 Å². The van der Waals surface area contributed by atoms with Crippen molar-refractivity contribution in [1.82, 2.24) is 15.0 Å². The predicted molar refractivity (Wildman–Crippen MR) is 86.0 cm³/mol. The number of phenols is 1. The van der Waals surface area contributed by atoms with Gasteiger partial charge in [-0.2, -0.15) is 0 Å². The van der Waals surface area contributed by atoms with Crippen molar-refractivity contribution in [1.29, 1.82) is 0 Å². The number of aromatic nitrogens is 3. The van der Waals surface area contributed by atoms with Crippen LogP contribution in [0.25, 0.3) is 11.4 Å². The second-order valence-electron chi connectivity index (χ2n) is 5.34. The maximum Gasteiger partial charge on any atom is 0.167 e. The van der Waals surface area contributed by atoms with E-state index in [1.807, 2.05) is 19.9 Å². The minimum Gasteiger partial charge on any atom is -0.507 e. The molecule has 0 radical (unpaired) electrons. The molecule has 0 aliphatic rings. The van der Waals surface area contributed by atoms with Crippen LogP contribution in [-0.2, 0) is 0 Å². The highest BCUT2D eigenvalue weighted by Crippen LogP contribution is 2.30. The second-order valence-corrected chi connectivity index (χ2v) is 5.34. The third-order valence-electron chi connectivity index (χ3n) is 3.34. The molecule has 0 aliphatic carbocycles. The number of phenolic OH excluding ortho intramolecular Hbond substituents is 1. The molecule has 2 rings (SSSR count). The molecule has 1 heterocycles. The van der Waals surface area contributed by atoms with Crippen LogP contribution in [0.2, 0.25) is 0 Å². The molecule has 0 amide bonds. The molecule has 0 aliphatic heterocycles. The molecule has 0 unspecified atom stereocenters. The van der Waals surface area contributed by atoms with E-state index < -0.39 is 0 Å². The van der Waals surface area contributed by atoms with Gasteiger partial charge in [0.2, 0.25) is 0 Å². The van der Waals surface area contributed by atoms with E-state index in [1.165, 1.54) is 19.3 Å². The normalized spacial score (nSPS) is 10.7. The molecule has 0 spiro atoms. The van der Waals surface area contributed by atoms with Gasteiger partial charge in [-0.05, 0) is 32.4 Å². The monoisotopic (exact) mass is 301 g/mol. The van der Waals surface area contributed by atoms with Gasteiger partial charge in [-0.15, -0.1) is 0 Å². The zero-order valence-electron chi connectivity index (χ0n) is 13.5. The van der Waals surface area contributed by atoms with Crippen molar-refractivity contribution < 1.29 is 9.84 Å². The van der Waals surface area contributed by atoms with E-state index in [9.17, 15) is 5.11 Å². The average Bonchev–Trinajstić information content (AvgIpc) is 2.46. The first kappa shape index (κ1) is 16.2. The quantitative estimate of drug-likeness (QED) is 0.787. The van der Waals surface area contributed by atoms with Crippen LogP contribution >= 0.6 is 0 Å². The average molecular weight is 301 g/mol. The van der Waals surface area contributed by atoms with Gasteiger partial charge in [0.25, 0.3) is 0 Å². The number of aryl methyl sites for hydroxylation is 2. The molecule has 22 heavy (non-hydrogen) atoms. The number of nitrogens with zero attached hydrogens (tertiary/aromatic N) is 3. The van der Waals surface area contributed by atoms with Gasteiger partial charge in [-0.25, -0.2) is 15.0 Å². The van der Waals surface area contributed by atoms with Gasteiger partial charge in [0.1, 0.15) is 23.1 Å². The Balaban J connectivity index is 2.06. The molecule has 0 fully saturated rings. The predicted octanol–water partition coefficient (Wildman–Crippen LogP) is 3.82. The number of benzene rings is 1. The van der Waals surface area contributed by atoms with E-state index in [-0.39, 0.29) is 5.75 Å². The fraction of sp³-hybridized carbons (Fsp3) is 0.471. The minimum absolute atomic E-state index is 0.121. The lowest BCUT2D eigenvalue weighted by Crippen LogP contribution is -2.00. The minimum atomic E-state index is 0.121. The van der Waals surface area contributed by atoms with Gasteiger partial charge < -0.3 is 9.84 Å². The summed E-state index contributed by atoms with van der Waals surface area (Å²) < 4.78 is 5.66. The number of hydrogen-bond acceptors (Lipinski definition) is 5. The van der Waals surface area contributed by atoms with Crippen LogP contribution < -0.4 is 4.74 Å². The third-order valence-corrected chi connectivity index (χ3v) is 3.34. The number of hydrogen-bond donors (Lipinski definition) is 1.